The monoisotopic (exact) mass is 380 g/mol. The van der Waals surface area contributed by atoms with Crippen LogP contribution >= 0.6 is 0 Å². The number of esters is 4. The van der Waals surface area contributed by atoms with Crippen LogP contribution in [0.3, 0.4) is 0 Å². The molecular weight excluding hydrogens is 352 g/mol. The highest BCUT2D eigenvalue weighted by Crippen LogP contribution is 2.19. The van der Waals surface area contributed by atoms with Crippen LogP contribution in [0.5, 0.6) is 0 Å². The van der Waals surface area contributed by atoms with Crippen molar-refractivity contribution < 1.29 is 50.3 Å². The van der Waals surface area contributed by atoms with Gasteiger partial charge in [-0.15, -0.1) is 0 Å². The average molecular weight is 380 g/mol. The minimum atomic E-state index is -1.38. The van der Waals surface area contributed by atoms with Crippen LogP contribution in [0.4, 0.5) is 0 Å². The molecule has 0 unspecified atom stereocenters. The van der Waals surface area contributed by atoms with Crippen LogP contribution < -0.4 is 0 Å². The highest BCUT2D eigenvalue weighted by Gasteiger charge is 2.41. The molecule has 4 atom stereocenters. The molecule has 0 aromatic rings. The summed E-state index contributed by atoms with van der Waals surface area (Å²) >= 11 is 0. The Hall–Kier alpha value is -2.20. The van der Waals surface area contributed by atoms with Gasteiger partial charge in [0.05, 0.1) is 2.74 Å². The lowest BCUT2D eigenvalue weighted by atomic mass is 10.0. The molecule has 0 amide bonds. The van der Waals surface area contributed by atoms with Crippen LogP contribution in [0.2, 0.25) is 0 Å². The Kier molecular flexibility index (Phi) is 9.44. The predicted molar refractivity (Wildman–Crippen MR) is 86.0 cm³/mol. The second-order valence-corrected chi connectivity index (χ2v) is 5.16. The normalized spacial score (nSPS) is 16.2. The molecule has 0 N–H and O–H groups in total. The molecule has 0 aliphatic carbocycles. The Morgan fingerprint density at radius 1 is 0.692 bits per heavy atom. The molecule has 0 aliphatic rings. The first-order valence-corrected chi connectivity index (χ1v) is 7.55. The predicted octanol–water partition coefficient (Wildman–Crippen LogP) is 0.00600. The van der Waals surface area contributed by atoms with E-state index in [1.807, 2.05) is 0 Å². The van der Waals surface area contributed by atoms with Crippen molar-refractivity contribution in [1.82, 2.24) is 0 Å². The molecular formula is C16H26O10. The van der Waals surface area contributed by atoms with Crippen molar-refractivity contribution in [2.75, 3.05) is 27.4 Å². The van der Waals surface area contributed by atoms with Crippen LogP contribution in [0.1, 0.15) is 30.4 Å². The zero-order chi connectivity index (χ0) is 21.7. The third kappa shape index (κ3) is 9.33. The Labute approximate surface area is 154 Å². The van der Waals surface area contributed by atoms with E-state index in [4.69, 9.17) is 31.2 Å². The van der Waals surface area contributed by atoms with Crippen molar-refractivity contribution in [3.63, 3.8) is 0 Å². The number of hydrogen-bond acceptors (Lipinski definition) is 10. The van der Waals surface area contributed by atoms with Gasteiger partial charge in [0.2, 0.25) is 0 Å². The van der Waals surface area contributed by atoms with Gasteiger partial charge in [0.1, 0.15) is 25.4 Å². The molecule has 0 heterocycles. The van der Waals surface area contributed by atoms with Crippen molar-refractivity contribution in [2.45, 2.75) is 52.1 Å². The Bertz CT molecular complexity index is 528. The van der Waals surface area contributed by atoms with Crippen LogP contribution in [0.25, 0.3) is 0 Å². The van der Waals surface area contributed by atoms with E-state index in [1.54, 1.807) is 0 Å². The van der Waals surface area contributed by atoms with E-state index in [9.17, 15) is 19.2 Å². The fourth-order valence-electron chi connectivity index (χ4n) is 2.01. The second-order valence-electron chi connectivity index (χ2n) is 5.16. The zero-order valence-electron chi connectivity index (χ0n) is 17.2. The molecule has 0 bridgehead atoms. The van der Waals surface area contributed by atoms with Gasteiger partial charge in [-0.05, 0) is 0 Å². The number of ether oxygens (including phenoxy) is 6. The summed E-state index contributed by atoms with van der Waals surface area (Å²) in [6.07, 6.45) is -5.08. The number of rotatable bonds is 11. The van der Waals surface area contributed by atoms with E-state index in [0.717, 1.165) is 27.7 Å². The van der Waals surface area contributed by atoms with Gasteiger partial charge in [-0.3, -0.25) is 19.2 Å². The van der Waals surface area contributed by atoms with Gasteiger partial charge in [-0.1, -0.05) is 0 Å². The second kappa shape index (κ2) is 12.2. The Morgan fingerprint density at radius 3 is 1.62 bits per heavy atom. The van der Waals surface area contributed by atoms with E-state index in [-0.39, 0.29) is 6.61 Å². The first-order chi connectivity index (χ1) is 13.1. The van der Waals surface area contributed by atoms with Gasteiger partial charge in [-0.25, -0.2) is 0 Å². The van der Waals surface area contributed by atoms with Gasteiger partial charge in [-0.2, -0.15) is 0 Å². The Balaban J connectivity index is 5.85. The molecule has 0 spiro atoms. The molecule has 0 aromatic carbocycles. The standard InChI is InChI=1S/C16H26O10/c1-9(17)23-7-13(21-5)15(22-6)16(26-12(4)20)14(25-11(3)19)8-24-10(2)18/h13-16H,7-8H2,1-6H3/t13-,14+,15+,16+/m0/s1/i5D,6D. The highest BCUT2D eigenvalue weighted by molar-refractivity contribution is 5.68. The third-order valence-electron chi connectivity index (χ3n) is 2.98. The summed E-state index contributed by atoms with van der Waals surface area (Å²) < 4.78 is 45.1. The molecule has 0 rings (SSSR count). The summed E-state index contributed by atoms with van der Waals surface area (Å²) in [7, 11) is -1.17. The largest absolute Gasteiger partial charge is 0.463 e. The molecule has 10 nitrogen and oxygen atoms in total. The quantitative estimate of drug-likeness (QED) is 0.357. The van der Waals surface area contributed by atoms with Crippen molar-refractivity contribution in [2.24, 2.45) is 0 Å². The van der Waals surface area contributed by atoms with Crippen molar-refractivity contribution in [3.05, 3.63) is 0 Å². The maximum atomic E-state index is 11.6. The van der Waals surface area contributed by atoms with E-state index in [2.05, 4.69) is 0 Å². The minimum absolute atomic E-state index is 0.378. The number of carbonyl (C=O) groups is 4. The number of carbonyl (C=O) groups excluding carboxylic acids is 4. The molecule has 0 saturated carbocycles. The summed E-state index contributed by atoms with van der Waals surface area (Å²) in [4.78, 5) is 45.3. The lowest BCUT2D eigenvalue weighted by molar-refractivity contribution is -0.197. The average Bonchev–Trinajstić information content (AvgIpc) is 2.58. The van der Waals surface area contributed by atoms with Crippen molar-refractivity contribution in [1.29, 1.82) is 0 Å². The molecule has 10 heteroatoms. The fraction of sp³-hybridized carbons (Fsp3) is 0.750. The molecule has 150 valence electrons. The van der Waals surface area contributed by atoms with Gasteiger partial charge in [0.15, 0.2) is 12.2 Å². The number of hydrogen-bond donors (Lipinski definition) is 0. The SMILES string of the molecule is [2H]CO[C@@H]([C@H](OC(C)=O)[C@@H](COC(C)=O)OC(C)=O)[C@H](COC(C)=O)OC[2H]. The first kappa shape index (κ1) is 20.1. The van der Waals surface area contributed by atoms with Crippen LogP contribution in [-0.4, -0.2) is 75.7 Å². The maximum absolute atomic E-state index is 11.6. The minimum Gasteiger partial charge on any atom is -0.463 e. The van der Waals surface area contributed by atoms with Gasteiger partial charge >= 0.3 is 23.9 Å². The molecule has 0 radical (unpaired) electrons. The number of methoxy groups -OCH3 is 2. The molecule has 0 aliphatic heterocycles. The summed E-state index contributed by atoms with van der Waals surface area (Å²) in [5.74, 6) is -2.84. The summed E-state index contributed by atoms with van der Waals surface area (Å²) in [5, 5.41) is 0. The van der Waals surface area contributed by atoms with Crippen molar-refractivity contribution >= 4 is 23.9 Å². The Morgan fingerprint density at radius 2 is 1.19 bits per heavy atom. The van der Waals surface area contributed by atoms with Gasteiger partial charge < -0.3 is 28.4 Å². The third-order valence-corrected chi connectivity index (χ3v) is 2.98. The highest BCUT2D eigenvalue weighted by atomic mass is 16.6. The van der Waals surface area contributed by atoms with E-state index in [1.165, 1.54) is 0 Å². The van der Waals surface area contributed by atoms with Crippen LogP contribution in [0.15, 0.2) is 0 Å². The molecule has 0 fully saturated rings. The topological polar surface area (TPSA) is 124 Å². The van der Waals surface area contributed by atoms with Crippen LogP contribution in [-0.2, 0) is 47.6 Å². The van der Waals surface area contributed by atoms with Gasteiger partial charge in [0, 0.05) is 41.9 Å². The lowest BCUT2D eigenvalue weighted by Crippen LogP contribution is -2.52. The molecule has 0 saturated heterocycles. The van der Waals surface area contributed by atoms with E-state index in [0.29, 0.717) is 0 Å². The zero-order valence-corrected chi connectivity index (χ0v) is 15.2. The smallest absolute Gasteiger partial charge is 0.303 e. The molecule has 0 aromatic heterocycles. The van der Waals surface area contributed by atoms with Crippen molar-refractivity contribution in [3.8, 4) is 0 Å². The summed E-state index contributed by atoms with van der Waals surface area (Å²) in [6, 6.07) is 0. The van der Waals surface area contributed by atoms with Crippen LogP contribution in [0, 0.1) is 0 Å². The molecule has 26 heavy (non-hydrogen) atoms. The van der Waals surface area contributed by atoms with E-state index < -0.39 is 69.1 Å². The van der Waals surface area contributed by atoms with Gasteiger partial charge in [0.25, 0.3) is 0 Å². The lowest BCUT2D eigenvalue weighted by Gasteiger charge is -2.34. The first-order valence-electron chi connectivity index (χ1n) is 8.96. The maximum Gasteiger partial charge on any atom is 0.303 e. The summed E-state index contributed by atoms with van der Waals surface area (Å²) in [5.41, 5.74) is 0. The van der Waals surface area contributed by atoms with E-state index >= 15 is 0 Å². The summed E-state index contributed by atoms with van der Waals surface area (Å²) in [6.45, 7) is 3.64. The fourth-order valence-corrected chi connectivity index (χ4v) is 2.01.